The van der Waals surface area contributed by atoms with Crippen LogP contribution in [0.2, 0.25) is 0 Å². The van der Waals surface area contributed by atoms with Crippen molar-refractivity contribution < 1.29 is 27.9 Å². The molecule has 0 radical (unpaired) electrons. The van der Waals surface area contributed by atoms with E-state index in [0.29, 0.717) is 17.3 Å². The number of alkyl carbamates (subject to hydrolysis) is 1. The maximum atomic E-state index is 14.9. The van der Waals surface area contributed by atoms with Crippen LogP contribution in [0.15, 0.2) is 152 Å². The highest BCUT2D eigenvalue weighted by Gasteiger charge is 2.42. The van der Waals surface area contributed by atoms with E-state index in [-0.39, 0.29) is 18.8 Å². The lowest BCUT2D eigenvalue weighted by molar-refractivity contribution is -0.122. The van der Waals surface area contributed by atoms with Crippen LogP contribution in [0.3, 0.4) is 0 Å². The second-order valence-corrected chi connectivity index (χ2v) is 13.9. The van der Waals surface area contributed by atoms with Crippen LogP contribution in [0.4, 0.5) is 4.79 Å². The second-order valence-electron chi connectivity index (χ2n) is 10.8. The minimum absolute atomic E-state index is 0.0415. The predicted octanol–water partition coefficient (Wildman–Crippen LogP) is 8.25. The number of rotatable bonds is 16. The topological polar surface area (TPSA) is 103 Å². The third-order valence-electron chi connectivity index (χ3n) is 7.13. The average molecular weight is 681 g/mol. The Balaban J connectivity index is 1.40. The van der Waals surface area contributed by atoms with Gasteiger partial charge in [-0.1, -0.05) is 127 Å². The lowest BCUT2D eigenvalue weighted by atomic mass is 10.1. The van der Waals surface area contributed by atoms with Gasteiger partial charge in [0.15, 0.2) is 5.78 Å². The van der Waals surface area contributed by atoms with Crippen LogP contribution in [0.5, 0.6) is 11.5 Å². The van der Waals surface area contributed by atoms with E-state index in [9.17, 15) is 14.2 Å². The molecule has 2 atom stereocenters. The summed E-state index contributed by atoms with van der Waals surface area (Å²) in [6, 6.07) is 44.8. The van der Waals surface area contributed by atoms with Crippen LogP contribution in [0, 0.1) is 0 Å². The average Bonchev–Trinajstić information content (AvgIpc) is 3.12. The number of para-hydroxylation sites is 2. The number of hydrogen-bond donors (Lipinski definition) is 2. The standard InChI is InChI=1S/C38H37N2O6PS/c41-37(35(29-48-28-32-20-10-3-11-21-32)39-38(42)44-27-31-18-8-2-9-19-31)40-36(26-30-16-6-1-7-17-30)47(43,45-33-22-12-4-13-23-33)46-34-24-14-5-15-25-34/h1-25,35-36H,26-29H2,(H,39,42)(H,40,41). The summed E-state index contributed by atoms with van der Waals surface area (Å²) in [5, 5.41) is 5.67. The van der Waals surface area contributed by atoms with E-state index in [0.717, 1.165) is 16.7 Å². The van der Waals surface area contributed by atoms with Gasteiger partial charge in [-0.15, -0.1) is 0 Å². The lowest BCUT2D eigenvalue weighted by Gasteiger charge is -2.29. The first-order valence-electron chi connectivity index (χ1n) is 15.5. The molecule has 246 valence electrons. The molecule has 0 aliphatic heterocycles. The molecule has 2 amide bonds. The Morgan fingerprint density at radius 2 is 1.06 bits per heavy atom. The Morgan fingerprint density at radius 3 is 1.58 bits per heavy atom. The van der Waals surface area contributed by atoms with Gasteiger partial charge in [-0.05, 0) is 41.0 Å². The zero-order valence-corrected chi connectivity index (χ0v) is 27.9. The number of amides is 2. The van der Waals surface area contributed by atoms with Crippen molar-refractivity contribution in [2.45, 2.75) is 30.6 Å². The Kier molecular flexibility index (Phi) is 12.7. The third-order valence-corrected chi connectivity index (χ3v) is 10.2. The molecule has 48 heavy (non-hydrogen) atoms. The fourth-order valence-electron chi connectivity index (χ4n) is 4.71. The van der Waals surface area contributed by atoms with Gasteiger partial charge in [-0.25, -0.2) is 9.36 Å². The van der Waals surface area contributed by atoms with Gasteiger partial charge in [0.1, 0.15) is 24.1 Å². The molecule has 5 aromatic rings. The van der Waals surface area contributed by atoms with E-state index in [1.165, 1.54) is 11.8 Å². The molecule has 8 nitrogen and oxygen atoms in total. The smallest absolute Gasteiger partial charge is 0.445 e. The van der Waals surface area contributed by atoms with Gasteiger partial charge in [0.05, 0.1) is 0 Å². The fourth-order valence-corrected chi connectivity index (χ4v) is 7.56. The third kappa shape index (κ3) is 10.8. The van der Waals surface area contributed by atoms with Gasteiger partial charge in [0.2, 0.25) is 5.91 Å². The summed E-state index contributed by atoms with van der Waals surface area (Å²) in [6.07, 6.45) is -0.616. The summed E-state index contributed by atoms with van der Waals surface area (Å²) in [5.74, 6) is -0.199. The highest BCUT2D eigenvalue weighted by atomic mass is 32.2. The molecule has 0 aromatic heterocycles. The molecule has 2 unspecified atom stereocenters. The normalized spacial score (nSPS) is 12.2. The van der Waals surface area contributed by atoms with E-state index in [1.807, 2.05) is 103 Å². The Morgan fingerprint density at radius 1 is 0.604 bits per heavy atom. The molecule has 0 fully saturated rings. The van der Waals surface area contributed by atoms with Crippen molar-refractivity contribution in [2.75, 3.05) is 5.75 Å². The van der Waals surface area contributed by atoms with Gasteiger partial charge < -0.3 is 24.4 Å². The number of carbonyl (C=O) groups is 2. The molecule has 5 rings (SSSR count). The lowest BCUT2D eigenvalue weighted by Crippen LogP contribution is -2.52. The molecule has 5 aromatic carbocycles. The van der Waals surface area contributed by atoms with Gasteiger partial charge in [-0.3, -0.25) is 4.79 Å². The Bertz CT molecular complexity index is 1700. The maximum absolute atomic E-state index is 14.9. The highest BCUT2D eigenvalue weighted by Crippen LogP contribution is 2.53. The van der Waals surface area contributed by atoms with Crippen LogP contribution in [-0.4, -0.2) is 29.6 Å². The fraction of sp³-hybridized carbons (Fsp3) is 0.158. The SMILES string of the molecule is O=C(NC(CSCc1ccccc1)C(=O)NC(Cc1ccccc1)P(=O)(Oc1ccccc1)Oc1ccccc1)OCc1ccccc1. The highest BCUT2D eigenvalue weighted by molar-refractivity contribution is 7.98. The summed E-state index contributed by atoms with van der Waals surface area (Å²) >= 11 is 1.48. The second kappa shape index (κ2) is 17.8. The number of hydrogen-bond acceptors (Lipinski definition) is 7. The molecule has 0 spiro atoms. The Labute approximate surface area is 285 Å². The van der Waals surface area contributed by atoms with Crippen LogP contribution >= 0.6 is 19.4 Å². The quantitative estimate of drug-likeness (QED) is 0.101. The molecule has 0 aliphatic rings. The maximum Gasteiger partial charge on any atom is 0.453 e. The van der Waals surface area contributed by atoms with Gasteiger partial charge in [0.25, 0.3) is 0 Å². The summed E-state index contributed by atoms with van der Waals surface area (Å²) < 4.78 is 32.6. The molecule has 2 N–H and O–H groups in total. The van der Waals surface area contributed by atoms with Gasteiger partial charge in [0, 0.05) is 17.9 Å². The first-order chi connectivity index (χ1) is 23.5. The molecule has 0 saturated carbocycles. The first kappa shape index (κ1) is 34.4. The van der Waals surface area contributed by atoms with Gasteiger partial charge in [-0.2, -0.15) is 11.8 Å². The van der Waals surface area contributed by atoms with Crippen LogP contribution in [0.25, 0.3) is 0 Å². The van der Waals surface area contributed by atoms with Crippen LogP contribution < -0.4 is 19.7 Å². The van der Waals surface area contributed by atoms with Crippen LogP contribution in [0.1, 0.15) is 16.7 Å². The summed E-state index contributed by atoms with van der Waals surface area (Å²) in [4.78, 5) is 27.1. The minimum atomic E-state index is -4.18. The molecule has 0 heterocycles. The molecule has 0 bridgehead atoms. The minimum Gasteiger partial charge on any atom is -0.445 e. The van der Waals surface area contributed by atoms with E-state index >= 15 is 0 Å². The van der Waals surface area contributed by atoms with E-state index in [2.05, 4.69) is 10.6 Å². The van der Waals surface area contributed by atoms with Crippen molar-refractivity contribution >= 4 is 31.4 Å². The van der Waals surface area contributed by atoms with Crippen molar-refractivity contribution in [1.29, 1.82) is 0 Å². The van der Waals surface area contributed by atoms with E-state index < -0.39 is 31.4 Å². The van der Waals surface area contributed by atoms with E-state index in [4.69, 9.17) is 13.8 Å². The zero-order valence-electron chi connectivity index (χ0n) is 26.2. The molecule has 10 heteroatoms. The molecular formula is C38H37N2O6PS. The number of thioether (sulfide) groups is 1. The monoisotopic (exact) mass is 680 g/mol. The largest absolute Gasteiger partial charge is 0.453 e. The van der Waals surface area contributed by atoms with Crippen molar-refractivity contribution in [3.8, 4) is 11.5 Å². The number of nitrogens with one attached hydrogen (secondary N) is 2. The summed E-state index contributed by atoms with van der Waals surface area (Å²) in [6.45, 7) is 0.0415. The summed E-state index contributed by atoms with van der Waals surface area (Å²) in [5.41, 5.74) is 2.70. The number of ether oxygens (including phenoxy) is 1. The first-order valence-corrected chi connectivity index (χ1v) is 18.3. The van der Waals surface area contributed by atoms with Crippen molar-refractivity contribution in [2.24, 2.45) is 0 Å². The van der Waals surface area contributed by atoms with Crippen LogP contribution in [-0.2, 0) is 32.9 Å². The molecule has 0 saturated heterocycles. The van der Waals surface area contributed by atoms with Crippen molar-refractivity contribution in [3.05, 3.63) is 168 Å². The number of carbonyl (C=O) groups excluding carboxylic acids is 2. The molecular weight excluding hydrogens is 643 g/mol. The van der Waals surface area contributed by atoms with Crippen molar-refractivity contribution in [3.63, 3.8) is 0 Å². The number of benzene rings is 5. The van der Waals surface area contributed by atoms with Gasteiger partial charge >= 0.3 is 13.7 Å². The predicted molar refractivity (Wildman–Crippen MR) is 190 cm³/mol. The van der Waals surface area contributed by atoms with E-state index in [1.54, 1.807) is 48.5 Å². The molecule has 0 aliphatic carbocycles. The Hall–Kier alpha value is -4.98. The van der Waals surface area contributed by atoms with Crippen molar-refractivity contribution in [1.82, 2.24) is 10.6 Å². The summed E-state index contributed by atoms with van der Waals surface area (Å²) in [7, 11) is -4.18. The zero-order chi connectivity index (χ0) is 33.4.